The number of oxime groups is 1. The number of nitrogens with one attached hydrogen (secondary N) is 1. The fourth-order valence-corrected chi connectivity index (χ4v) is 8.77. The molecule has 1 amide bonds. The van der Waals surface area contributed by atoms with Gasteiger partial charge in [-0.05, 0) is 99.4 Å². The van der Waals surface area contributed by atoms with Crippen LogP contribution in [0.2, 0.25) is 0 Å². The molecule has 0 heterocycles. The molecule has 6 unspecified atom stereocenters. The van der Waals surface area contributed by atoms with Crippen LogP contribution in [0.5, 0.6) is 0 Å². The molecule has 6 atom stereocenters. The Bertz CT molecular complexity index is 928. The zero-order chi connectivity index (χ0) is 24.7. The maximum absolute atomic E-state index is 12.2. The minimum Gasteiger partial charge on any atom is -0.385 e. The van der Waals surface area contributed by atoms with Crippen molar-refractivity contribution in [3.63, 3.8) is 0 Å². The van der Waals surface area contributed by atoms with Gasteiger partial charge in [-0.25, -0.2) is 0 Å². The molecule has 0 aromatic heterocycles. The van der Waals surface area contributed by atoms with E-state index in [-0.39, 0.29) is 23.3 Å². The molecule has 0 bridgehead atoms. The first-order chi connectivity index (χ1) is 16.8. The van der Waals surface area contributed by atoms with Crippen molar-refractivity contribution < 1.29 is 14.7 Å². The normalized spacial score (nSPS) is 42.3. The SMILES string of the molecule is C#CC1(O)CCC2C3CCC4=CC(=NOCC(=O)NCC5CCCCC5)CCC4(C)C3CCC21C. The highest BCUT2D eigenvalue weighted by Gasteiger charge is 2.63. The van der Waals surface area contributed by atoms with Gasteiger partial charge >= 0.3 is 0 Å². The summed E-state index contributed by atoms with van der Waals surface area (Å²) in [5.41, 5.74) is 1.58. The van der Waals surface area contributed by atoms with Gasteiger partial charge in [0, 0.05) is 12.0 Å². The van der Waals surface area contributed by atoms with Gasteiger partial charge in [0.15, 0.2) is 6.61 Å². The van der Waals surface area contributed by atoms with Crippen LogP contribution < -0.4 is 5.32 Å². The number of carbonyl (C=O) groups excluding carboxylic acids is 1. The topological polar surface area (TPSA) is 70.9 Å². The third-order valence-electron chi connectivity index (χ3n) is 11.1. The Morgan fingerprint density at radius 3 is 2.66 bits per heavy atom. The second-order valence-electron chi connectivity index (χ2n) is 12.7. The Labute approximate surface area is 211 Å². The second-order valence-corrected chi connectivity index (χ2v) is 12.7. The van der Waals surface area contributed by atoms with Crippen LogP contribution in [0, 0.1) is 46.8 Å². The molecule has 192 valence electrons. The monoisotopic (exact) mass is 480 g/mol. The molecule has 4 saturated carbocycles. The van der Waals surface area contributed by atoms with Crippen LogP contribution >= 0.6 is 0 Å². The zero-order valence-corrected chi connectivity index (χ0v) is 21.8. The van der Waals surface area contributed by atoms with Crippen LogP contribution in [-0.4, -0.2) is 35.5 Å². The average molecular weight is 481 g/mol. The molecule has 0 spiro atoms. The molecule has 5 heteroatoms. The summed E-state index contributed by atoms with van der Waals surface area (Å²) in [5, 5.41) is 18.6. The van der Waals surface area contributed by atoms with E-state index in [2.05, 4.69) is 36.3 Å². The van der Waals surface area contributed by atoms with Crippen molar-refractivity contribution in [2.45, 2.75) is 103 Å². The minimum atomic E-state index is -0.938. The number of hydrogen-bond acceptors (Lipinski definition) is 4. The summed E-state index contributed by atoms with van der Waals surface area (Å²) in [6.45, 7) is 5.47. The fraction of sp³-hybridized carbons (Fsp3) is 0.800. The minimum absolute atomic E-state index is 0.000287. The number of amides is 1. The van der Waals surface area contributed by atoms with E-state index in [1.54, 1.807) is 0 Å². The molecule has 0 saturated heterocycles. The van der Waals surface area contributed by atoms with E-state index in [1.807, 2.05) is 0 Å². The number of rotatable bonds is 5. The molecule has 0 aromatic carbocycles. The van der Waals surface area contributed by atoms with E-state index in [4.69, 9.17) is 11.3 Å². The van der Waals surface area contributed by atoms with Crippen LogP contribution in [0.25, 0.3) is 0 Å². The van der Waals surface area contributed by atoms with Gasteiger partial charge in [-0.3, -0.25) is 4.79 Å². The summed E-state index contributed by atoms with van der Waals surface area (Å²) in [6, 6.07) is 0. The maximum atomic E-state index is 12.2. The summed E-state index contributed by atoms with van der Waals surface area (Å²) < 4.78 is 0. The fourth-order valence-electron chi connectivity index (χ4n) is 8.77. The Hall–Kier alpha value is -1.80. The second kappa shape index (κ2) is 9.58. The number of hydrogen-bond donors (Lipinski definition) is 2. The van der Waals surface area contributed by atoms with E-state index in [0.29, 0.717) is 23.7 Å². The average Bonchev–Trinajstić information content (AvgIpc) is 3.14. The van der Waals surface area contributed by atoms with Gasteiger partial charge in [-0.15, -0.1) is 6.42 Å². The first-order valence-corrected chi connectivity index (χ1v) is 14.2. The van der Waals surface area contributed by atoms with Gasteiger partial charge in [0.25, 0.3) is 5.91 Å². The molecule has 4 fully saturated rings. The summed E-state index contributed by atoms with van der Waals surface area (Å²) in [6.07, 6.45) is 22.6. The van der Waals surface area contributed by atoms with Crippen LogP contribution in [0.15, 0.2) is 16.8 Å². The summed E-state index contributed by atoms with van der Waals surface area (Å²) in [4.78, 5) is 17.7. The van der Waals surface area contributed by atoms with Crippen LogP contribution in [0.1, 0.15) is 97.3 Å². The number of fused-ring (bicyclic) bond motifs is 5. The van der Waals surface area contributed by atoms with E-state index in [1.165, 1.54) is 44.1 Å². The Morgan fingerprint density at radius 2 is 1.89 bits per heavy atom. The highest BCUT2D eigenvalue weighted by molar-refractivity contribution is 5.96. The van der Waals surface area contributed by atoms with Crippen molar-refractivity contribution in [1.82, 2.24) is 5.32 Å². The molecule has 5 aliphatic carbocycles. The summed E-state index contributed by atoms with van der Waals surface area (Å²) in [7, 11) is 0. The molecular formula is C30H44N2O3. The van der Waals surface area contributed by atoms with Gasteiger partial charge in [-0.2, -0.15) is 0 Å². The van der Waals surface area contributed by atoms with Crippen LogP contribution in [0.4, 0.5) is 0 Å². The van der Waals surface area contributed by atoms with Gasteiger partial charge in [0.2, 0.25) is 0 Å². The molecule has 0 radical (unpaired) electrons. The number of nitrogens with zero attached hydrogens (tertiary/aromatic N) is 1. The van der Waals surface area contributed by atoms with Gasteiger partial charge in [0.1, 0.15) is 5.60 Å². The van der Waals surface area contributed by atoms with Gasteiger partial charge < -0.3 is 15.3 Å². The predicted octanol–water partition coefficient (Wildman–Crippen LogP) is 5.38. The van der Waals surface area contributed by atoms with Crippen molar-refractivity contribution in [2.24, 2.45) is 39.7 Å². The van der Waals surface area contributed by atoms with E-state index >= 15 is 0 Å². The smallest absolute Gasteiger partial charge is 0.260 e. The van der Waals surface area contributed by atoms with Crippen LogP contribution in [-0.2, 0) is 9.63 Å². The van der Waals surface area contributed by atoms with Crippen molar-refractivity contribution >= 4 is 11.6 Å². The highest BCUT2D eigenvalue weighted by Crippen LogP contribution is 2.67. The third kappa shape index (κ3) is 4.35. The Morgan fingerprint density at radius 1 is 1.11 bits per heavy atom. The van der Waals surface area contributed by atoms with Crippen molar-refractivity contribution in [3.8, 4) is 12.3 Å². The van der Waals surface area contributed by atoms with E-state index < -0.39 is 5.60 Å². The van der Waals surface area contributed by atoms with Crippen LogP contribution in [0.3, 0.4) is 0 Å². The summed E-state index contributed by atoms with van der Waals surface area (Å²) >= 11 is 0. The molecule has 2 N–H and O–H groups in total. The van der Waals surface area contributed by atoms with Crippen molar-refractivity contribution in [3.05, 3.63) is 11.6 Å². The lowest BCUT2D eigenvalue weighted by molar-refractivity contribution is -0.125. The van der Waals surface area contributed by atoms with Gasteiger partial charge in [0.05, 0.1) is 5.71 Å². The van der Waals surface area contributed by atoms with Gasteiger partial charge in [-0.1, -0.05) is 49.8 Å². The standard InChI is InChI=1S/C30H44N2O3/c1-4-30(34)17-14-26-24-11-10-22-18-23(12-15-28(22,2)25(24)13-16-29(26,30)3)32-35-20-27(33)31-19-21-8-6-5-7-9-21/h1,18,21,24-26,34H,5-17,19-20H2,2-3H3,(H,31,33). The third-order valence-corrected chi connectivity index (χ3v) is 11.1. The van der Waals surface area contributed by atoms with E-state index in [0.717, 1.165) is 57.2 Å². The highest BCUT2D eigenvalue weighted by atomic mass is 16.6. The first kappa shape index (κ1) is 24.9. The molecule has 0 aromatic rings. The zero-order valence-electron chi connectivity index (χ0n) is 21.8. The predicted molar refractivity (Wildman–Crippen MR) is 138 cm³/mol. The van der Waals surface area contributed by atoms with E-state index in [9.17, 15) is 9.90 Å². The first-order valence-electron chi connectivity index (χ1n) is 14.2. The number of terminal acetylenes is 1. The molecule has 5 aliphatic rings. The Kier molecular flexibility index (Phi) is 6.81. The molecule has 5 rings (SSSR count). The Balaban J connectivity index is 1.19. The number of allylic oxidation sites excluding steroid dienone is 2. The lowest BCUT2D eigenvalue weighted by atomic mass is 9.46. The van der Waals surface area contributed by atoms with Crippen molar-refractivity contribution in [2.75, 3.05) is 13.2 Å². The summed E-state index contributed by atoms with van der Waals surface area (Å²) in [5.74, 6) is 5.15. The number of carbonyl (C=O) groups is 1. The lowest BCUT2D eigenvalue weighted by Crippen LogP contribution is -2.54. The van der Waals surface area contributed by atoms with Crippen molar-refractivity contribution in [1.29, 1.82) is 0 Å². The molecular weight excluding hydrogens is 436 g/mol. The molecule has 5 nitrogen and oxygen atoms in total. The molecule has 0 aliphatic heterocycles. The lowest BCUT2D eigenvalue weighted by Gasteiger charge is -2.58. The number of aliphatic hydroxyl groups is 1. The largest absolute Gasteiger partial charge is 0.385 e. The molecule has 35 heavy (non-hydrogen) atoms. The quantitative estimate of drug-likeness (QED) is 0.410. The maximum Gasteiger partial charge on any atom is 0.260 e.